The minimum Gasteiger partial charge on any atom is -0.397 e. The second-order valence-corrected chi connectivity index (χ2v) is 2.78. The molecule has 0 saturated heterocycles. The number of hydrogen-bond donors (Lipinski definition) is 2. The quantitative estimate of drug-likeness (QED) is 0.600. The number of hydrogen-bond acceptors (Lipinski definition) is 4. The number of aromatic amines is 1. The Morgan fingerprint density at radius 3 is 3.00 bits per heavy atom. The molecule has 0 fully saturated rings. The first kappa shape index (κ1) is 7.72. The van der Waals surface area contributed by atoms with Crippen molar-refractivity contribution in [2.75, 3.05) is 5.73 Å². The Balaban J connectivity index is 3.03. The molecule has 0 aliphatic carbocycles. The molecule has 0 spiro atoms. The second kappa shape index (κ2) is 2.55. The minimum atomic E-state index is -0.264. The number of aromatic nitrogens is 3. The fraction of sp³-hybridized carbons (Fsp3) is 0.125. The van der Waals surface area contributed by atoms with Crippen molar-refractivity contribution < 1.29 is 0 Å². The van der Waals surface area contributed by atoms with Gasteiger partial charge in [-0.05, 0) is 13.0 Å². The summed E-state index contributed by atoms with van der Waals surface area (Å²) in [5.74, 6) is 0. The molecule has 2 heterocycles. The third-order valence-electron chi connectivity index (χ3n) is 1.75. The Kier molecular flexibility index (Phi) is 1.51. The Morgan fingerprint density at radius 1 is 1.46 bits per heavy atom. The zero-order valence-electron chi connectivity index (χ0n) is 7.03. The number of nitrogens with one attached hydrogen (secondary N) is 1. The summed E-state index contributed by atoms with van der Waals surface area (Å²) in [5.41, 5.74) is 7.34. The fourth-order valence-corrected chi connectivity index (χ4v) is 1.21. The highest BCUT2D eigenvalue weighted by atomic mass is 16.1. The van der Waals surface area contributed by atoms with Crippen molar-refractivity contribution in [2.45, 2.75) is 6.92 Å². The van der Waals surface area contributed by atoms with Crippen molar-refractivity contribution in [2.24, 2.45) is 0 Å². The van der Waals surface area contributed by atoms with Gasteiger partial charge in [-0.3, -0.25) is 4.79 Å². The molecule has 0 amide bonds. The molecule has 2 aromatic rings. The van der Waals surface area contributed by atoms with Gasteiger partial charge < -0.3 is 10.7 Å². The van der Waals surface area contributed by atoms with E-state index in [1.54, 1.807) is 13.0 Å². The third-order valence-corrected chi connectivity index (χ3v) is 1.75. The van der Waals surface area contributed by atoms with E-state index in [1.165, 1.54) is 6.33 Å². The maximum atomic E-state index is 11.3. The Morgan fingerprint density at radius 2 is 2.23 bits per heavy atom. The van der Waals surface area contributed by atoms with Crippen molar-refractivity contribution >= 4 is 16.7 Å². The van der Waals surface area contributed by atoms with E-state index < -0.39 is 0 Å². The van der Waals surface area contributed by atoms with Gasteiger partial charge in [-0.2, -0.15) is 0 Å². The zero-order valence-corrected chi connectivity index (χ0v) is 7.03. The van der Waals surface area contributed by atoms with Crippen LogP contribution in [-0.4, -0.2) is 15.0 Å². The topological polar surface area (TPSA) is 84.7 Å². The first-order chi connectivity index (χ1) is 6.18. The van der Waals surface area contributed by atoms with Crippen LogP contribution in [0.15, 0.2) is 17.2 Å². The number of anilines is 1. The molecule has 0 aromatic carbocycles. The summed E-state index contributed by atoms with van der Waals surface area (Å²) >= 11 is 0. The van der Waals surface area contributed by atoms with E-state index in [2.05, 4.69) is 15.0 Å². The van der Waals surface area contributed by atoms with E-state index in [9.17, 15) is 4.79 Å². The van der Waals surface area contributed by atoms with Gasteiger partial charge in [0.2, 0.25) is 0 Å². The molecule has 0 radical (unpaired) electrons. The summed E-state index contributed by atoms with van der Waals surface area (Å²) in [7, 11) is 0. The highest BCUT2D eigenvalue weighted by Crippen LogP contribution is 2.13. The highest BCUT2D eigenvalue weighted by molar-refractivity contribution is 5.85. The average molecular weight is 176 g/mol. The molecule has 5 nitrogen and oxygen atoms in total. The third kappa shape index (κ3) is 1.14. The first-order valence-electron chi connectivity index (χ1n) is 3.79. The van der Waals surface area contributed by atoms with E-state index in [1.807, 2.05) is 0 Å². The molecule has 0 aliphatic heterocycles. The van der Waals surface area contributed by atoms with Crippen LogP contribution in [0.25, 0.3) is 11.0 Å². The number of aryl methyl sites for hydroxylation is 1. The van der Waals surface area contributed by atoms with Gasteiger partial charge in [0.05, 0.1) is 12.0 Å². The van der Waals surface area contributed by atoms with Crippen LogP contribution >= 0.6 is 0 Å². The normalized spacial score (nSPS) is 10.5. The van der Waals surface area contributed by atoms with Crippen LogP contribution in [0.4, 0.5) is 5.69 Å². The average Bonchev–Trinajstić information content (AvgIpc) is 2.07. The minimum absolute atomic E-state index is 0.264. The van der Waals surface area contributed by atoms with E-state index in [4.69, 9.17) is 5.73 Å². The maximum Gasteiger partial charge on any atom is 0.277 e. The van der Waals surface area contributed by atoms with Crippen LogP contribution in [-0.2, 0) is 0 Å². The van der Waals surface area contributed by atoms with E-state index in [-0.39, 0.29) is 5.56 Å². The summed E-state index contributed by atoms with van der Waals surface area (Å²) in [4.78, 5) is 21.7. The van der Waals surface area contributed by atoms with Crippen LogP contribution in [0.3, 0.4) is 0 Å². The molecule has 0 unspecified atom stereocenters. The summed E-state index contributed by atoms with van der Waals surface area (Å²) in [5, 5.41) is 0. The molecule has 0 bridgehead atoms. The van der Waals surface area contributed by atoms with Gasteiger partial charge in [0, 0.05) is 5.69 Å². The Bertz CT molecular complexity index is 517. The van der Waals surface area contributed by atoms with Crippen molar-refractivity contribution in [3.63, 3.8) is 0 Å². The summed E-state index contributed by atoms with van der Waals surface area (Å²) in [6.07, 6.45) is 1.32. The number of nitrogens with zero attached hydrogens (tertiary/aromatic N) is 2. The van der Waals surface area contributed by atoms with Crippen LogP contribution in [0, 0.1) is 6.92 Å². The summed E-state index contributed by atoms with van der Waals surface area (Å²) < 4.78 is 0. The summed E-state index contributed by atoms with van der Waals surface area (Å²) in [6, 6.07) is 1.69. The van der Waals surface area contributed by atoms with Gasteiger partial charge in [0.15, 0.2) is 5.52 Å². The maximum absolute atomic E-state index is 11.3. The number of pyridine rings is 1. The molecule has 2 aromatic heterocycles. The van der Waals surface area contributed by atoms with Gasteiger partial charge in [-0.1, -0.05) is 0 Å². The molecule has 5 heteroatoms. The number of H-pyrrole nitrogens is 1. The van der Waals surface area contributed by atoms with E-state index in [0.717, 1.165) is 0 Å². The van der Waals surface area contributed by atoms with Crippen molar-refractivity contribution in [1.82, 2.24) is 15.0 Å². The number of rotatable bonds is 0. The molecule has 2 rings (SSSR count). The molecule has 13 heavy (non-hydrogen) atoms. The predicted molar refractivity (Wildman–Crippen MR) is 49.3 cm³/mol. The van der Waals surface area contributed by atoms with Crippen LogP contribution in [0.1, 0.15) is 5.69 Å². The fourth-order valence-electron chi connectivity index (χ4n) is 1.21. The zero-order chi connectivity index (χ0) is 9.42. The van der Waals surface area contributed by atoms with Gasteiger partial charge in [-0.25, -0.2) is 9.97 Å². The molecular formula is C8H8N4O. The van der Waals surface area contributed by atoms with Crippen LogP contribution in [0.5, 0.6) is 0 Å². The van der Waals surface area contributed by atoms with Gasteiger partial charge >= 0.3 is 0 Å². The molecule has 66 valence electrons. The van der Waals surface area contributed by atoms with Gasteiger partial charge in [-0.15, -0.1) is 0 Å². The lowest BCUT2D eigenvalue weighted by molar-refractivity contribution is 1.13. The number of fused-ring (bicyclic) bond motifs is 1. The van der Waals surface area contributed by atoms with Gasteiger partial charge in [0.1, 0.15) is 5.52 Å². The van der Waals surface area contributed by atoms with Crippen molar-refractivity contribution in [3.05, 3.63) is 28.4 Å². The first-order valence-corrected chi connectivity index (χ1v) is 3.79. The van der Waals surface area contributed by atoms with Crippen LogP contribution < -0.4 is 11.3 Å². The molecular weight excluding hydrogens is 168 g/mol. The SMILES string of the molecule is Cc1cc(N)c2nc[nH]c(=O)c2n1. The monoisotopic (exact) mass is 176 g/mol. The van der Waals surface area contributed by atoms with E-state index >= 15 is 0 Å². The molecule has 3 N–H and O–H groups in total. The predicted octanol–water partition coefficient (Wildman–Crippen LogP) is 0.209. The molecule has 0 atom stereocenters. The Hall–Kier alpha value is -1.91. The van der Waals surface area contributed by atoms with Crippen LogP contribution in [0.2, 0.25) is 0 Å². The number of nitrogens with two attached hydrogens (primary N) is 1. The lowest BCUT2D eigenvalue weighted by Crippen LogP contribution is -2.10. The van der Waals surface area contributed by atoms with Crippen molar-refractivity contribution in [3.8, 4) is 0 Å². The van der Waals surface area contributed by atoms with Crippen molar-refractivity contribution in [1.29, 1.82) is 0 Å². The molecule has 0 saturated carbocycles. The smallest absolute Gasteiger partial charge is 0.277 e. The highest BCUT2D eigenvalue weighted by Gasteiger charge is 2.04. The van der Waals surface area contributed by atoms with E-state index in [0.29, 0.717) is 22.4 Å². The number of nitrogen functional groups attached to an aromatic ring is 1. The lowest BCUT2D eigenvalue weighted by Gasteiger charge is -1.99. The molecule has 0 aliphatic rings. The summed E-state index contributed by atoms with van der Waals surface area (Å²) in [6.45, 7) is 1.78. The second-order valence-electron chi connectivity index (χ2n) is 2.78. The largest absolute Gasteiger partial charge is 0.397 e. The Labute approximate surface area is 73.6 Å². The lowest BCUT2D eigenvalue weighted by atomic mass is 10.3. The standard InChI is InChI=1S/C8H8N4O/c1-4-2-5(9)6-7(12-4)8(13)11-3-10-6/h2-3H,1H3,(H2,9,12)(H,10,11,13). The van der Waals surface area contributed by atoms with Gasteiger partial charge in [0.25, 0.3) is 5.56 Å².